The van der Waals surface area contributed by atoms with Crippen molar-refractivity contribution < 1.29 is 52.2 Å². The summed E-state index contributed by atoms with van der Waals surface area (Å²) in [5.74, 6) is -1.76. The summed E-state index contributed by atoms with van der Waals surface area (Å²) in [6.07, 6.45) is 1.70. The third kappa shape index (κ3) is 5.67. The normalized spacial score (nSPS) is 20.8. The zero-order valence-electron chi connectivity index (χ0n) is 19.3. The number of carbonyl (C=O) groups is 1. The Balaban J connectivity index is 1.46. The third-order valence-corrected chi connectivity index (χ3v) is 9.33. The number of benzene rings is 1. The largest absolute Gasteiger partial charge is 0.534 e. The van der Waals surface area contributed by atoms with Crippen molar-refractivity contribution in [3.8, 4) is 5.75 Å². The maximum atomic E-state index is 13.1. The Morgan fingerprint density at radius 3 is 2.18 bits per heavy atom. The topological polar surface area (TPSA) is 116 Å². The molecule has 2 aromatic rings. The zero-order valence-corrected chi connectivity index (χ0v) is 22.4. The van der Waals surface area contributed by atoms with Gasteiger partial charge in [0.15, 0.2) is 0 Å². The second kappa shape index (κ2) is 9.99. The van der Waals surface area contributed by atoms with Crippen LogP contribution >= 0.6 is 23.2 Å². The van der Waals surface area contributed by atoms with Crippen LogP contribution in [0.4, 0.5) is 26.3 Å². The first-order chi connectivity index (χ1) is 17.8. The van der Waals surface area contributed by atoms with Gasteiger partial charge in [-0.15, -0.1) is 0 Å². The van der Waals surface area contributed by atoms with Crippen LogP contribution in [0.2, 0.25) is 10.0 Å². The lowest BCUT2D eigenvalue weighted by Gasteiger charge is -2.30. The minimum Gasteiger partial charge on any atom is -0.376 e. The van der Waals surface area contributed by atoms with Gasteiger partial charge in [-0.3, -0.25) is 4.79 Å². The first kappa shape index (κ1) is 29.7. The summed E-state index contributed by atoms with van der Waals surface area (Å²) in [7, 11) is -11.6. The molecule has 2 heterocycles. The van der Waals surface area contributed by atoms with Crippen molar-refractivity contribution in [2.45, 2.75) is 49.2 Å². The first-order valence-electron chi connectivity index (χ1n) is 11.0. The van der Waals surface area contributed by atoms with E-state index < -0.39 is 48.9 Å². The van der Waals surface area contributed by atoms with Gasteiger partial charge in [-0.1, -0.05) is 23.2 Å². The summed E-state index contributed by atoms with van der Waals surface area (Å²) in [4.78, 5) is 14.7. The minimum absolute atomic E-state index is 0.0320. The molecule has 1 saturated heterocycles. The molecule has 1 amide bonds. The minimum atomic E-state index is -5.96. The van der Waals surface area contributed by atoms with Crippen molar-refractivity contribution in [3.05, 3.63) is 45.2 Å². The van der Waals surface area contributed by atoms with Crippen molar-refractivity contribution in [1.82, 2.24) is 14.1 Å². The fraction of sp³-hybridized carbons (Fsp3) is 0.500. The number of likely N-dealkylation sites (tertiary alicyclic amines) is 1. The Bertz CT molecular complexity index is 1500. The quantitative estimate of drug-likeness (QED) is 0.265. The molecular formula is C20H17Cl2F6N3O6S2. The number of nitrogens with zero attached hydrogens (tertiary/aromatic N) is 3. The second-order valence-electron chi connectivity index (χ2n) is 8.89. The van der Waals surface area contributed by atoms with E-state index in [1.54, 1.807) is 0 Å². The van der Waals surface area contributed by atoms with Crippen molar-refractivity contribution in [2.75, 3.05) is 6.54 Å². The molecule has 0 N–H and O–H groups in total. The molecule has 9 nitrogen and oxygen atoms in total. The van der Waals surface area contributed by atoms with Crippen molar-refractivity contribution in [3.63, 3.8) is 0 Å². The van der Waals surface area contributed by atoms with Crippen LogP contribution in [-0.2, 0) is 44.2 Å². The van der Waals surface area contributed by atoms with Gasteiger partial charge in [-0.05, 0) is 36.8 Å². The van der Waals surface area contributed by atoms with Crippen LogP contribution in [-0.4, -0.2) is 60.4 Å². The fourth-order valence-corrected chi connectivity index (χ4v) is 6.25. The average molecular weight is 644 g/mol. The van der Waals surface area contributed by atoms with Gasteiger partial charge in [0.1, 0.15) is 5.75 Å². The van der Waals surface area contributed by atoms with Gasteiger partial charge in [0, 0.05) is 53.3 Å². The van der Waals surface area contributed by atoms with E-state index in [1.165, 1.54) is 4.90 Å². The molecule has 19 heteroatoms. The Labute approximate surface area is 227 Å². The van der Waals surface area contributed by atoms with Gasteiger partial charge in [-0.2, -0.15) is 52.4 Å². The Morgan fingerprint density at radius 2 is 1.62 bits per heavy atom. The van der Waals surface area contributed by atoms with Crippen LogP contribution in [0.5, 0.6) is 5.75 Å². The van der Waals surface area contributed by atoms with Crippen LogP contribution in [0.25, 0.3) is 0 Å². The molecule has 0 spiro atoms. The average Bonchev–Trinajstić information content (AvgIpc) is 3.37. The molecule has 4 rings (SSSR count). The highest BCUT2D eigenvalue weighted by molar-refractivity contribution is 7.90. The molecule has 0 bridgehead atoms. The Hall–Kier alpha value is -2.24. The molecule has 2 atom stereocenters. The standard InChI is InChI=1S/C20H17Cl2F6N3O6S2/c21-15-7-13(37-39(35,36)20(26,27)28)8-16(22)14(15)5-10-3-4-30(18(10)32)12-2-1-11-9-31(29-17(11)6-12)38(33,34)19(23,24)25/h7-10,12H,1-6H2/t10-,12?/m0/s1. The highest BCUT2D eigenvalue weighted by Gasteiger charge is 2.49. The predicted octanol–water partition coefficient (Wildman–Crippen LogP) is 4.06. The molecular weight excluding hydrogens is 627 g/mol. The monoisotopic (exact) mass is 643 g/mol. The number of hydrogen-bond donors (Lipinski definition) is 0. The summed E-state index contributed by atoms with van der Waals surface area (Å²) in [5.41, 5.74) is -10.6. The van der Waals surface area contributed by atoms with E-state index in [1.807, 2.05) is 0 Å². The molecule has 1 fully saturated rings. The van der Waals surface area contributed by atoms with Crippen LogP contribution in [0.3, 0.4) is 0 Å². The number of fused-ring (bicyclic) bond motifs is 1. The third-order valence-electron chi connectivity index (χ3n) is 6.42. The number of carbonyl (C=O) groups excluding carboxylic acids is 1. The maximum absolute atomic E-state index is 13.1. The van der Waals surface area contributed by atoms with Gasteiger partial charge >= 0.3 is 31.2 Å². The highest BCUT2D eigenvalue weighted by Crippen LogP contribution is 2.37. The molecule has 2 aliphatic rings. The fourth-order valence-electron chi connectivity index (χ4n) is 4.50. The van der Waals surface area contributed by atoms with Gasteiger partial charge in [0.05, 0.1) is 5.69 Å². The Morgan fingerprint density at radius 1 is 1.00 bits per heavy atom. The van der Waals surface area contributed by atoms with Gasteiger partial charge in [0.2, 0.25) is 5.91 Å². The van der Waals surface area contributed by atoms with E-state index in [2.05, 4.69) is 9.28 Å². The summed E-state index contributed by atoms with van der Waals surface area (Å²) in [6, 6.07) is 1.20. The van der Waals surface area contributed by atoms with Gasteiger partial charge in [0.25, 0.3) is 0 Å². The number of hydrogen-bond acceptors (Lipinski definition) is 7. The van der Waals surface area contributed by atoms with Crippen molar-refractivity contribution in [2.24, 2.45) is 5.92 Å². The summed E-state index contributed by atoms with van der Waals surface area (Å²) < 4.78 is 126. The van der Waals surface area contributed by atoms with E-state index in [0.717, 1.165) is 18.3 Å². The molecule has 0 radical (unpaired) electrons. The molecule has 1 aromatic heterocycles. The second-order valence-corrected chi connectivity index (χ2v) is 13.0. The van der Waals surface area contributed by atoms with Crippen LogP contribution in [0.15, 0.2) is 18.3 Å². The first-order valence-corrected chi connectivity index (χ1v) is 14.6. The van der Waals surface area contributed by atoms with Gasteiger partial charge < -0.3 is 9.08 Å². The number of aromatic nitrogens is 2. The SMILES string of the molecule is O=C1[C@H](Cc2c(Cl)cc(OS(=O)(=O)C(F)(F)F)cc2Cl)CCN1C1CCc2cn(S(=O)(=O)C(F)(F)F)nc2C1. The van der Waals surface area contributed by atoms with Gasteiger partial charge in [-0.25, -0.2) is 0 Å². The lowest BCUT2D eigenvalue weighted by Crippen LogP contribution is -2.41. The van der Waals surface area contributed by atoms with Crippen LogP contribution in [0.1, 0.15) is 29.7 Å². The number of amides is 1. The highest BCUT2D eigenvalue weighted by atomic mass is 35.5. The molecule has 1 unspecified atom stereocenters. The number of aryl methyl sites for hydroxylation is 1. The van der Waals surface area contributed by atoms with E-state index in [9.17, 15) is 48.0 Å². The van der Waals surface area contributed by atoms with Crippen LogP contribution in [0, 0.1) is 5.92 Å². The molecule has 216 valence electrons. The predicted molar refractivity (Wildman–Crippen MR) is 124 cm³/mol. The number of alkyl halides is 6. The molecule has 1 aliphatic heterocycles. The van der Waals surface area contributed by atoms with Crippen molar-refractivity contribution in [1.29, 1.82) is 0 Å². The Kier molecular flexibility index (Phi) is 7.62. The van der Waals surface area contributed by atoms with Crippen LogP contribution < -0.4 is 4.18 Å². The molecule has 39 heavy (non-hydrogen) atoms. The number of rotatable bonds is 6. The molecule has 1 aliphatic carbocycles. The summed E-state index contributed by atoms with van der Waals surface area (Å²) >= 11 is 12.2. The smallest absolute Gasteiger partial charge is 0.376 e. The summed E-state index contributed by atoms with van der Waals surface area (Å²) in [5, 5.41) is 3.16. The van der Waals surface area contributed by atoms with Crippen molar-refractivity contribution >= 4 is 49.3 Å². The van der Waals surface area contributed by atoms with E-state index in [4.69, 9.17) is 23.2 Å². The molecule has 0 saturated carbocycles. The zero-order chi connectivity index (χ0) is 29.1. The van der Waals surface area contributed by atoms with E-state index in [-0.39, 0.29) is 57.1 Å². The maximum Gasteiger partial charge on any atom is 0.534 e. The lowest BCUT2D eigenvalue weighted by molar-refractivity contribution is -0.133. The van der Waals surface area contributed by atoms with E-state index in [0.29, 0.717) is 18.4 Å². The van der Waals surface area contributed by atoms with E-state index >= 15 is 0 Å². The molecule has 1 aromatic carbocycles. The lowest BCUT2D eigenvalue weighted by atomic mass is 9.92. The number of halogens is 8. The summed E-state index contributed by atoms with van der Waals surface area (Å²) in [6.45, 7) is 0.269.